The highest BCUT2D eigenvalue weighted by Gasteiger charge is 2.31. The van der Waals surface area contributed by atoms with Crippen LogP contribution in [0, 0.1) is 11.6 Å². The minimum absolute atomic E-state index is 0.0565. The first-order chi connectivity index (χ1) is 14.2. The van der Waals surface area contributed by atoms with Crippen molar-refractivity contribution in [3.63, 3.8) is 0 Å². The number of alkyl halides is 3. The molecule has 0 saturated heterocycles. The summed E-state index contributed by atoms with van der Waals surface area (Å²) in [6.45, 7) is 0. The van der Waals surface area contributed by atoms with Gasteiger partial charge in [0.15, 0.2) is 0 Å². The molecule has 1 aromatic heterocycles. The lowest BCUT2D eigenvalue weighted by Gasteiger charge is -2.13. The molecule has 0 atom stereocenters. The summed E-state index contributed by atoms with van der Waals surface area (Å²) < 4.78 is 69.8. The van der Waals surface area contributed by atoms with Crippen LogP contribution in [0.4, 0.5) is 22.0 Å². The van der Waals surface area contributed by atoms with Crippen molar-refractivity contribution in [1.29, 1.82) is 0 Å². The molecule has 4 aromatic rings. The Balaban J connectivity index is 1.98. The maximum absolute atomic E-state index is 13.9. The summed E-state index contributed by atoms with van der Waals surface area (Å²) in [4.78, 5) is 12.9. The van der Waals surface area contributed by atoms with Crippen molar-refractivity contribution in [3.05, 3.63) is 88.7 Å². The highest BCUT2D eigenvalue weighted by atomic mass is 19.4. The van der Waals surface area contributed by atoms with Crippen LogP contribution in [0.1, 0.15) is 0 Å². The number of fused-ring (bicyclic) bond motifs is 1. The smallest absolute Gasteiger partial charge is 0.406 e. The Morgan fingerprint density at radius 1 is 0.833 bits per heavy atom. The predicted molar refractivity (Wildman–Crippen MR) is 99.4 cm³/mol. The number of hydrogen-bond donors (Lipinski definition) is 0. The average Bonchev–Trinajstić information content (AvgIpc) is 2.68. The Morgan fingerprint density at radius 3 is 2.23 bits per heavy atom. The Morgan fingerprint density at radius 2 is 1.53 bits per heavy atom. The molecule has 0 fully saturated rings. The molecular weight excluding hydrogens is 407 g/mol. The third-order valence-corrected chi connectivity index (χ3v) is 4.27. The topological polar surface area (TPSA) is 44.1 Å². The van der Waals surface area contributed by atoms with Gasteiger partial charge in [0.1, 0.15) is 17.4 Å². The fourth-order valence-corrected chi connectivity index (χ4v) is 3.02. The number of ether oxygens (including phenoxy) is 1. The summed E-state index contributed by atoms with van der Waals surface area (Å²) in [5, 5.41) is 4.43. The average molecular weight is 418 g/mol. The monoisotopic (exact) mass is 418 g/mol. The molecule has 0 amide bonds. The number of nitrogens with zero attached hydrogens (tertiary/aromatic N) is 2. The van der Waals surface area contributed by atoms with Crippen LogP contribution in [0.3, 0.4) is 0 Å². The summed E-state index contributed by atoms with van der Waals surface area (Å²) in [6, 6.07) is 13.3. The standard InChI is InChI=1S/C21H11F5N2O2/c22-13-4-7-15(8-5-13)28-20(29)17-9-6-14(23)11-18(17)19(27-28)12-2-1-3-16(10-12)30-21(24,25)26/h1-11H. The Hall–Kier alpha value is -3.75. The zero-order valence-corrected chi connectivity index (χ0v) is 15.0. The van der Waals surface area contributed by atoms with Gasteiger partial charge in [0, 0.05) is 10.9 Å². The van der Waals surface area contributed by atoms with E-state index in [1.807, 2.05) is 0 Å². The van der Waals surface area contributed by atoms with Crippen LogP contribution in [-0.2, 0) is 0 Å². The van der Waals surface area contributed by atoms with E-state index in [0.29, 0.717) is 0 Å². The molecule has 0 aliphatic carbocycles. The second-order valence-electron chi connectivity index (χ2n) is 6.31. The molecule has 0 aliphatic heterocycles. The lowest BCUT2D eigenvalue weighted by molar-refractivity contribution is -0.274. The van der Waals surface area contributed by atoms with E-state index in [1.54, 1.807) is 0 Å². The summed E-state index contributed by atoms with van der Waals surface area (Å²) in [7, 11) is 0. The molecule has 1 heterocycles. The van der Waals surface area contributed by atoms with Crippen LogP contribution in [0.25, 0.3) is 27.7 Å². The normalized spacial score (nSPS) is 11.6. The molecule has 4 rings (SSSR count). The third kappa shape index (κ3) is 3.86. The Labute approximate surface area is 165 Å². The Kier molecular flexibility index (Phi) is 4.73. The van der Waals surface area contributed by atoms with Crippen molar-refractivity contribution >= 4 is 10.8 Å². The number of benzene rings is 3. The van der Waals surface area contributed by atoms with E-state index < -0.39 is 29.3 Å². The molecule has 30 heavy (non-hydrogen) atoms. The van der Waals surface area contributed by atoms with Gasteiger partial charge >= 0.3 is 6.36 Å². The number of halogens is 5. The highest BCUT2D eigenvalue weighted by molar-refractivity contribution is 5.94. The second kappa shape index (κ2) is 7.25. The number of aromatic nitrogens is 2. The maximum atomic E-state index is 13.9. The molecule has 152 valence electrons. The van der Waals surface area contributed by atoms with Crippen molar-refractivity contribution in [2.75, 3.05) is 0 Å². The van der Waals surface area contributed by atoms with Crippen molar-refractivity contribution in [2.45, 2.75) is 6.36 Å². The molecule has 0 spiro atoms. The van der Waals surface area contributed by atoms with E-state index in [4.69, 9.17) is 0 Å². The first kappa shape index (κ1) is 19.6. The van der Waals surface area contributed by atoms with Crippen LogP contribution < -0.4 is 10.3 Å². The van der Waals surface area contributed by atoms with Crippen LogP contribution in [-0.4, -0.2) is 16.1 Å². The van der Waals surface area contributed by atoms with Crippen molar-refractivity contribution in [1.82, 2.24) is 9.78 Å². The van der Waals surface area contributed by atoms with Gasteiger partial charge in [-0.15, -0.1) is 13.2 Å². The van der Waals surface area contributed by atoms with Gasteiger partial charge in [-0.3, -0.25) is 4.79 Å². The van der Waals surface area contributed by atoms with Crippen LogP contribution in [0.5, 0.6) is 5.75 Å². The summed E-state index contributed by atoms with van der Waals surface area (Å²) >= 11 is 0. The highest BCUT2D eigenvalue weighted by Crippen LogP contribution is 2.30. The van der Waals surface area contributed by atoms with Crippen molar-refractivity contribution < 1.29 is 26.7 Å². The van der Waals surface area contributed by atoms with Crippen molar-refractivity contribution in [3.8, 4) is 22.7 Å². The lowest BCUT2D eigenvalue weighted by Crippen LogP contribution is -2.22. The molecule has 0 aliphatic rings. The van der Waals surface area contributed by atoms with Gasteiger partial charge in [-0.2, -0.15) is 9.78 Å². The predicted octanol–water partition coefficient (Wildman–Crippen LogP) is 5.23. The van der Waals surface area contributed by atoms with Crippen LogP contribution in [0.15, 0.2) is 71.5 Å². The zero-order valence-electron chi connectivity index (χ0n) is 15.0. The second-order valence-corrected chi connectivity index (χ2v) is 6.31. The zero-order chi connectivity index (χ0) is 21.5. The van der Waals surface area contributed by atoms with E-state index in [2.05, 4.69) is 9.84 Å². The maximum Gasteiger partial charge on any atom is 0.573 e. The van der Waals surface area contributed by atoms with Gasteiger partial charge < -0.3 is 4.74 Å². The summed E-state index contributed by atoms with van der Waals surface area (Å²) in [5.74, 6) is -1.66. The van der Waals surface area contributed by atoms with Gasteiger partial charge in [-0.1, -0.05) is 12.1 Å². The molecule has 0 radical (unpaired) electrons. The molecule has 0 N–H and O–H groups in total. The van der Waals surface area contributed by atoms with Crippen molar-refractivity contribution in [2.24, 2.45) is 0 Å². The largest absolute Gasteiger partial charge is 0.573 e. The molecule has 4 nitrogen and oxygen atoms in total. The van der Waals surface area contributed by atoms with Gasteiger partial charge in [0.2, 0.25) is 0 Å². The van der Waals surface area contributed by atoms with Gasteiger partial charge in [-0.25, -0.2) is 8.78 Å². The lowest BCUT2D eigenvalue weighted by atomic mass is 10.0. The Bertz CT molecular complexity index is 1300. The fourth-order valence-electron chi connectivity index (χ4n) is 3.02. The van der Waals surface area contributed by atoms with Crippen LogP contribution in [0.2, 0.25) is 0 Å². The van der Waals surface area contributed by atoms with Gasteiger partial charge in [0.25, 0.3) is 5.56 Å². The van der Waals surface area contributed by atoms with E-state index in [0.717, 1.165) is 41.1 Å². The third-order valence-electron chi connectivity index (χ3n) is 4.27. The van der Waals surface area contributed by atoms with Crippen LogP contribution >= 0.6 is 0 Å². The van der Waals surface area contributed by atoms with E-state index >= 15 is 0 Å². The summed E-state index contributed by atoms with van der Waals surface area (Å²) in [5.41, 5.74) is -0.135. The molecule has 9 heteroatoms. The first-order valence-corrected chi connectivity index (χ1v) is 8.56. The summed E-state index contributed by atoms with van der Waals surface area (Å²) in [6.07, 6.45) is -4.90. The van der Waals surface area contributed by atoms with E-state index in [9.17, 15) is 26.7 Å². The number of rotatable bonds is 3. The molecule has 0 unspecified atom stereocenters. The van der Waals surface area contributed by atoms with E-state index in [1.165, 1.54) is 30.3 Å². The van der Waals surface area contributed by atoms with E-state index in [-0.39, 0.29) is 27.7 Å². The molecule has 3 aromatic carbocycles. The fraction of sp³-hybridized carbons (Fsp3) is 0.0476. The quantitative estimate of drug-likeness (QED) is 0.428. The first-order valence-electron chi connectivity index (χ1n) is 8.56. The molecule has 0 bridgehead atoms. The number of hydrogen-bond acceptors (Lipinski definition) is 3. The minimum atomic E-state index is -4.90. The SMILES string of the molecule is O=c1c2ccc(F)cc2c(-c2cccc(OC(F)(F)F)c2)nn1-c1ccc(F)cc1. The van der Waals surface area contributed by atoms with Gasteiger partial charge in [-0.05, 0) is 54.6 Å². The van der Waals surface area contributed by atoms with Gasteiger partial charge in [0.05, 0.1) is 16.8 Å². The molecular formula is C21H11F5N2O2. The minimum Gasteiger partial charge on any atom is -0.406 e. The molecule has 0 saturated carbocycles.